The minimum atomic E-state index is 0.323. The van der Waals surface area contributed by atoms with Gasteiger partial charge in [-0.1, -0.05) is 6.92 Å². The molecule has 0 unspecified atom stereocenters. The third kappa shape index (κ3) is 3.56. The number of hydrogen-bond acceptors (Lipinski definition) is 4. The highest BCUT2D eigenvalue weighted by Crippen LogP contribution is 2.19. The molecule has 0 atom stereocenters. The van der Waals surface area contributed by atoms with E-state index >= 15 is 0 Å². The van der Waals surface area contributed by atoms with E-state index in [0.29, 0.717) is 6.10 Å². The van der Waals surface area contributed by atoms with E-state index in [-0.39, 0.29) is 0 Å². The Bertz CT molecular complexity index is 310. The second-order valence-corrected chi connectivity index (χ2v) is 5.27. The minimum Gasteiger partial charge on any atom is -0.376 e. The Morgan fingerprint density at radius 1 is 1.44 bits per heavy atom. The van der Waals surface area contributed by atoms with E-state index < -0.39 is 0 Å². The fourth-order valence-corrected chi connectivity index (χ4v) is 2.40. The molecule has 1 aromatic heterocycles. The van der Waals surface area contributed by atoms with Crippen LogP contribution >= 0.6 is 11.3 Å². The van der Waals surface area contributed by atoms with Crippen molar-refractivity contribution in [2.24, 2.45) is 0 Å². The molecule has 0 amide bonds. The van der Waals surface area contributed by atoms with Crippen LogP contribution in [0.2, 0.25) is 0 Å². The predicted octanol–water partition coefficient (Wildman–Crippen LogP) is 2.16. The Kier molecular flexibility index (Phi) is 4.78. The van der Waals surface area contributed by atoms with Crippen molar-refractivity contribution >= 4 is 11.3 Å². The molecule has 0 radical (unpaired) electrons. The first-order valence-corrected chi connectivity index (χ1v) is 6.67. The highest BCUT2D eigenvalue weighted by Gasteiger charge is 2.18. The average Bonchev–Trinajstić information content (AvgIpc) is 2.64. The van der Waals surface area contributed by atoms with Gasteiger partial charge in [-0.3, -0.25) is 0 Å². The van der Waals surface area contributed by atoms with Gasteiger partial charge in [0.15, 0.2) is 0 Å². The van der Waals surface area contributed by atoms with Gasteiger partial charge in [0, 0.05) is 16.3 Å². The summed E-state index contributed by atoms with van der Waals surface area (Å²) in [5, 5.41) is 3.40. The topological polar surface area (TPSA) is 30.5 Å². The highest BCUT2D eigenvalue weighted by molar-refractivity contribution is 7.11. The van der Waals surface area contributed by atoms with Crippen LogP contribution < -0.4 is 5.32 Å². The Morgan fingerprint density at radius 3 is 2.94 bits per heavy atom. The molecular formula is C12H19NO2S. The van der Waals surface area contributed by atoms with Gasteiger partial charge in [-0.2, -0.15) is 0 Å². The molecule has 0 aromatic carbocycles. The van der Waals surface area contributed by atoms with Crippen molar-refractivity contribution in [3.8, 4) is 0 Å². The van der Waals surface area contributed by atoms with E-state index in [9.17, 15) is 0 Å². The van der Waals surface area contributed by atoms with E-state index in [2.05, 4.69) is 24.4 Å². The Labute approximate surface area is 101 Å². The lowest BCUT2D eigenvalue weighted by molar-refractivity contribution is -0.134. The van der Waals surface area contributed by atoms with Gasteiger partial charge < -0.3 is 14.8 Å². The fourth-order valence-electron chi connectivity index (χ4n) is 1.49. The van der Waals surface area contributed by atoms with Crippen LogP contribution in [0.15, 0.2) is 12.1 Å². The molecule has 0 aliphatic carbocycles. The molecule has 1 N–H and O–H groups in total. The van der Waals surface area contributed by atoms with E-state index in [0.717, 1.165) is 32.9 Å². The van der Waals surface area contributed by atoms with E-state index in [1.54, 1.807) is 0 Å². The normalized spacial score (nSPS) is 16.3. The maximum Gasteiger partial charge on any atom is 0.105 e. The predicted molar refractivity (Wildman–Crippen MR) is 65.7 cm³/mol. The number of rotatable bonds is 7. The van der Waals surface area contributed by atoms with Gasteiger partial charge in [0.05, 0.1) is 19.8 Å². The van der Waals surface area contributed by atoms with E-state index in [1.165, 1.54) is 16.2 Å². The Hall–Kier alpha value is -0.420. The number of nitrogens with one attached hydrogen (secondary N) is 1. The number of ether oxygens (including phenoxy) is 2. The molecule has 0 spiro atoms. The molecule has 90 valence electrons. The summed E-state index contributed by atoms with van der Waals surface area (Å²) in [7, 11) is 0. The molecule has 0 saturated carbocycles. The van der Waals surface area contributed by atoms with Crippen molar-refractivity contribution in [3.05, 3.63) is 21.9 Å². The standard InChI is InChI=1S/C12H19NO2S/c1-2-5-13-6-11-3-4-12(16-11)9-15-10-7-14-8-10/h3-4,10,13H,2,5-9H2,1H3. The van der Waals surface area contributed by atoms with Crippen molar-refractivity contribution in [2.45, 2.75) is 32.6 Å². The van der Waals surface area contributed by atoms with Crippen molar-refractivity contribution < 1.29 is 9.47 Å². The Balaban J connectivity index is 1.68. The van der Waals surface area contributed by atoms with Crippen LogP contribution in [0.3, 0.4) is 0 Å². The summed E-state index contributed by atoms with van der Waals surface area (Å²) in [5.41, 5.74) is 0. The third-order valence-electron chi connectivity index (χ3n) is 2.51. The van der Waals surface area contributed by atoms with Crippen LogP contribution in [-0.4, -0.2) is 25.9 Å². The molecule has 1 aliphatic heterocycles. The van der Waals surface area contributed by atoms with Crippen molar-refractivity contribution in [1.82, 2.24) is 5.32 Å². The molecule has 1 saturated heterocycles. The summed E-state index contributed by atoms with van der Waals surface area (Å²) in [6.07, 6.45) is 1.51. The summed E-state index contributed by atoms with van der Waals surface area (Å²) in [6.45, 7) is 6.49. The van der Waals surface area contributed by atoms with Crippen molar-refractivity contribution in [1.29, 1.82) is 0 Å². The third-order valence-corrected chi connectivity index (χ3v) is 3.57. The Morgan fingerprint density at radius 2 is 2.25 bits per heavy atom. The molecule has 16 heavy (non-hydrogen) atoms. The van der Waals surface area contributed by atoms with Gasteiger partial charge in [-0.15, -0.1) is 11.3 Å². The first-order valence-electron chi connectivity index (χ1n) is 5.86. The molecule has 0 bridgehead atoms. The SMILES string of the molecule is CCCNCc1ccc(COC2COC2)s1. The zero-order valence-electron chi connectivity index (χ0n) is 9.70. The van der Waals surface area contributed by atoms with Crippen LogP contribution in [0.5, 0.6) is 0 Å². The number of thiophene rings is 1. The lowest BCUT2D eigenvalue weighted by atomic mass is 10.3. The van der Waals surface area contributed by atoms with E-state index in [1.807, 2.05) is 11.3 Å². The quantitative estimate of drug-likeness (QED) is 0.742. The maximum absolute atomic E-state index is 5.67. The van der Waals surface area contributed by atoms with Gasteiger partial charge in [0.2, 0.25) is 0 Å². The van der Waals surface area contributed by atoms with Gasteiger partial charge >= 0.3 is 0 Å². The minimum absolute atomic E-state index is 0.323. The first-order chi connectivity index (χ1) is 7.88. The molecule has 4 heteroatoms. The van der Waals surface area contributed by atoms with Gasteiger partial charge in [-0.25, -0.2) is 0 Å². The lowest BCUT2D eigenvalue weighted by Crippen LogP contribution is -2.35. The molecule has 1 aromatic rings. The first kappa shape index (κ1) is 12.0. The maximum atomic E-state index is 5.67. The molecule has 3 nitrogen and oxygen atoms in total. The summed E-state index contributed by atoms with van der Waals surface area (Å²) in [5.74, 6) is 0. The summed E-state index contributed by atoms with van der Waals surface area (Å²) >= 11 is 1.83. The largest absolute Gasteiger partial charge is 0.376 e. The molecule has 1 aliphatic rings. The monoisotopic (exact) mass is 241 g/mol. The summed E-state index contributed by atoms with van der Waals surface area (Å²) in [4.78, 5) is 2.69. The smallest absolute Gasteiger partial charge is 0.105 e. The van der Waals surface area contributed by atoms with Crippen molar-refractivity contribution in [2.75, 3.05) is 19.8 Å². The molecular weight excluding hydrogens is 222 g/mol. The van der Waals surface area contributed by atoms with Crippen LogP contribution in [0, 0.1) is 0 Å². The fraction of sp³-hybridized carbons (Fsp3) is 0.667. The van der Waals surface area contributed by atoms with Crippen LogP contribution in [0.4, 0.5) is 0 Å². The lowest BCUT2D eigenvalue weighted by Gasteiger charge is -2.25. The van der Waals surface area contributed by atoms with Crippen molar-refractivity contribution in [3.63, 3.8) is 0 Å². The zero-order chi connectivity index (χ0) is 11.2. The molecule has 2 rings (SSSR count). The second kappa shape index (κ2) is 6.35. The highest BCUT2D eigenvalue weighted by atomic mass is 32.1. The van der Waals surface area contributed by atoms with Gasteiger partial charge in [0.1, 0.15) is 6.10 Å². The van der Waals surface area contributed by atoms with E-state index in [4.69, 9.17) is 9.47 Å². The van der Waals surface area contributed by atoms with Crippen LogP contribution in [0.1, 0.15) is 23.1 Å². The zero-order valence-corrected chi connectivity index (χ0v) is 10.5. The summed E-state index contributed by atoms with van der Waals surface area (Å²) < 4.78 is 10.7. The van der Waals surface area contributed by atoms with Gasteiger partial charge in [0.25, 0.3) is 0 Å². The molecule has 1 fully saturated rings. The molecule has 2 heterocycles. The van der Waals surface area contributed by atoms with Crippen LogP contribution in [-0.2, 0) is 22.6 Å². The van der Waals surface area contributed by atoms with Gasteiger partial charge in [-0.05, 0) is 25.1 Å². The number of hydrogen-bond donors (Lipinski definition) is 1. The second-order valence-electron chi connectivity index (χ2n) is 4.02. The average molecular weight is 241 g/mol. The summed E-state index contributed by atoms with van der Waals surface area (Å²) in [6, 6.07) is 4.34. The van der Waals surface area contributed by atoms with Crippen LogP contribution in [0.25, 0.3) is 0 Å².